The summed E-state index contributed by atoms with van der Waals surface area (Å²) in [5, 5.41) is 3.05. The van der Waals surface area contributed by atoms with Gasteiger partial charge >= 0.3 is 13.8 Å². The van der Waals surface area contributed by atoms with Gasteiger partial charge in [-0.3, -0.25) is 18.6 Å². The molecule has 76 heavy (non-hydrogen) atoms. The molecule has 3 atom stereocenters. The first-order chi connectivity index (χ1) is 36.9. The first-order valence-electron chi connectivity index (χ1n) is 31.4. The molecule has 0 aliphatic heterocycles. The van der Waals surface area contributed by atoms with Crippen molar-refractivity contribution in [3.8, 4) is 0 Å². The number of likely N-dealkylation sites (N-methyl/N-ethyl adjacent to an activating group) is 1. The molecule has 0 aliphatic rings. The van der Waals surface area contributed by atoms with Crippen LogP contribution in [0, 0.1) is 0 Å². The smallest absolute Gasteiger partial charge is 0.456 e. The van der Waals surface area contributed by atoms with E-state index in [1.807, 2.05) is 33.3 Å². The van der Waals surface area contributed by atoms with Gasteiger partial charge in [0.2, 0.25) is 5.91 Å². The SMILES string of the molecule is CC/C=C\C/C=C\C/C=C\C/C=C\C/C=C\CCCCCCCC(=O)OC(/C=C/CCCCCCCCCCCCC)C(COP(=O)(O)OCC[N+](C)(C)C)NC(=O)CCCCCCC/C=C/CCCCCCCCC. The molecular weight excluding hydrogens is 964 g/mol. The average molecular weight is 1080 g/mol. The van der Waals surface area contributed by atoms with Crippen LogP contribution in [0.3, 0.4) is 0 Å². The molecule has 1 amide bonds. The van der Waals surface area contributed by atoms with Gasteiger partial charge in [-0.05, 0) is 102 Å². The molecular formula is C66H120N2O7P+. The molecule has 0 fully saturated rings. The van der Waals surface area contributed by atoms with E-state index in [1.165, 1.54) is 109 Å². The van der Waals surface area contributed by atoms with Crippen molar-refractivity contribution < 1.29 is 37.3 Å². The second-order valence-electron chi connectivity index (χ2n) is 22.2. The minimum absolute atomic E-state index is 0.0322. The standard InChI is InChI=1S/C66H119N2O7P/c1-7-10-13-16-19-22-25-28-30-32-33-34-35-36-38-41-44-47-50-53-56-59-66(70)75-64(57-54-51-48-45-42-39-27-24-21-18-15-12-9-3)63(62-74-76(71,72)73-61-60-68(4,5)6)67-65(69)58-55-52-49-46-43-40-37-31-29-26-23-20-17-14-11-8-2/h10,13,19,22,28,30-31,33-34,36-38,54,57,63-64H,7-9,11-12,14-18,20-21,23-27,29,32,35,39-53,55-56,58-62H2,1-6H3,(H-,67,69,71,72)/p+1/b13-10-,22-19-,30-28-,34-33-,37-31+,38-36-,57-54+. The number of unbranched alkanes of at least 4 members (excludes halogenated alkanes) is 28. The summed E-state index contributed by atoms with van der Waals surface area (Å²) < 4.78 is 30.7. The highest BCUT2D eigenvalue weighted by atomic mass is 31.2. The number of carbonyl (C=O) groups excluding carboxylic acids is 2. The number of hydrogen-bond donors (Lipinski definition) is 2. The van der Waals surface area contributed by atoms with Crippen LogP contribution in [0.5, 0.6) is 0 Å². The number of amides is 1. The van der Waals surface area contributed by atoms with E-state index in [1.54, 1.807) is 0 Å². The quantitative estimate of drug-likeness (QED) is 0.0205. The van der Waals surface area contributed by atoms with Crippen molar-refractivity contribution in [2.24, 2.45) is 0 Å². The zero-order valence-electron chi connectivity index (χ0n) is 50.2. The summed E-state index contributed by atoms with van der Waals surface area (Å²) in [5.41, 5.74) is 0. The van der Waals surface area contributed by atoms with Crippen LogP contribution in [0.1, 0.15) is 271 Å². The van der Waals surface area contributed by atoms with Crippen LogP contribution in [-0.2, 0) is 27.9 Å². The molecule has 440 valence electrons. The van der Waals surface area contributed by atoms with Gasteiger partial charge in [0.25, 0.3) is 0 Å². The first-order valence-corrected chi connectivity index (χ1v) is 32.9. The van der Waals surface area contributed by atoms with Crippen molar-refractivity contribution in [3.05, 3.63) is 85.1 Å². The fourth-order valence-corrected chi connectivity index (χ4v) is 9.46. The second-order valence-corrected chi connectivity index (χ2v) is 23.6. The van der Waals surface area contributed by atoms with Gasteiger partial charge in [-0.2, -0.15) is 0 Å². The third kappa shape index (κ3) is 55.9. The number of phosphoric acid groups is 1. The van der Waals surface area contributed by atoms with Crippen LogP contribution in [0.2, 0.25) is 0 Å². The van der Waals surface area contributed by atoms with Gasteiger partial charge in [0.1, 0.15) is 19.3 Å². The number of hydrogen-bond acceptors (Lipinski definition) is 6. The van der Waals surface area contributed by atoms with E-state index in [0.29, 0.717) is 23.9 Å². The van der Waals surface area contributed by atoms with Gasteiger partial charge in [-0.25, -0.2) is 4.57 Å². The molecule has 0 heterocycles. The van der Waals surface area contributed by atoms with Crippen LogP contribution in [0.25, 0.3) is 0 Å². The molecule has 10 heteroatoms. The monoisotopic (exact) mass is 1080 g/mol. The predicted molar refractivity (Wildman–Crippen MR) is 328 cm³/mol. The number of esters is 1. The van der Waals surface area contributed by atoms with Crippen molar-refractivity contribution in [1.29, 1.82) is 0 Å². The highest BCUT2D eigenvalue weighted by Crippen LogP contribution is 2.43. The van der Waals surface area contributed by atoms with Gasteiger partial charge in [-0.15, -0.1) is 0 Å². The van der Waals surface area contributed by atoms with Gasteiger partial charge in [0.05, 0.1) is 33.8 Å². The van der Waals surface area contributed by atoms with Crippen molar-refractivity contribution in [2.45, 2.75) is 283 Å². The van der Waals surface area contributed by atoms with Crippen LogP contribution in [0.4, 0.5) is 0 Å². The number of nitrogens with one attached hydrogen (secondary N) is 1. The lowest BCUT2D eigenvalue weighted by Gasteiger charge is -2.27. The number of phosphoric ester groups is 1. The summed E-state index contributed by atoms with van der Waals surface area (Å²) in [6.45, 7) is 6.88. The van der Waals surface area contributed by atoms with Crippen LogP contribution < -0.4 is 5.32 Å². The third-order valence-corrected chi connectivity index (χ3v) is 14.6. The van der Waals surface area contributed by atoms with E-state index in [2.05, 4.69) is 99.0 Å². The lowest BCUT2D eigenvalue weighted by Crippen LogP contribution is -2.47. The molecule has 0 aliphatic carbocycles. The summed E-state index contributed by atoms with van der Waals surface area (Å²) >= 11 is 0. The molecule has 0 bridgehead atoms. The Hall–Kier alpha value is -2.81. The zero-order chi connectivity index (χ0) is 55.7. The van der Waals surface area contributed by atoms with Gasteiger partial charge in [0, 0.05) is 12.8 Å². The molecule has 0 saturated carbocycles. The molecule has 0 aromatic heterocycles. The molecule has 2 N–H and O–H groups in total. The average Bonchev–Trinajstić information content (AvgIpc) is 3.38. The van der Waals surface area contributed by atoms with Crippen molar-refractivity contribution in [1.82, 2.24) is 5.32 Å². The molecule has 0 spiro atoms. The van der Waals surface area contributed by atoms with E-state index >= 15 is 0 Å². The number of rotatable bonds is 56. The van der Waals surface area contributed by atoms with Crippen LogP contribution >= 0.6 is 7.82 Å². The minimum Gasteiger partial charge on any atom is -0.456 e. The third-order valence-electron chi connectivity index (χ3n) is 13.6. The summed E-state index contributed by atoms with van der Waals surface area (Å²) in [7, 11) is 1.47. The largest absolute Gasteiger partial charge is 0.472 e. The number of nitrogens with zero attached hydrogens (tertiary/aromatic N) is 1. The Bertz CT molecular complexity index is 1580. The normalized spacial score (nSPS) is 14.2. The Labute approximate surface area is 469 Å². The molecule has 0 saturated heterocycles. The van der Waals surface area contributed by atoms with Crippen LogP contribution in [-0.4, -0.2) is 74.3 Å². The Balaban J connectivity index is 5.33. The lowest BCUT2D eigenvalue weighted by atomic mass is 10.0. The second kappa shape index (κ2) is 55.5. The van der Waals surface area contributed by atoms with E-state index in [0.717, 1.165) is 122 Å². The van der Waals surface area contributed by atoms with Gasteiger partial charge in [0.15, 0.2) is 0 Å². The Kier molecular flexibility index (Phi) is 53.5. The highest BCUT2D eigenvalue weighted by molar-refractivity contribution is 7.47. The number of allylic oxidation sites excluding steroid dienone is 13. The lowest BCUT2D eigenvalue weighted by molar-refractivity contribution is -0.870. The fraction of sp³-hybridized carbons (Fsp3) is 0.758. The van der Waals surface area contributed by atoms with Crippen molar-refractivity contribution in [3.63, 3.8) is 0 Å². The number of quaternary nitrogens is 1. The predicted octanol–water partition coefficient (Wildman–Crippen LogP) is 19.4. The molecule has 3 unspecified atom stereocenters. The molecule has 0 aromatic rings. The highest BCUT2D eigenvalue weighted by Gasteiger charge is 2.30. The topological polar surface area (TPSA) is 111 Å². The maximum atomic E-state index is 13.5. The van der Waals surface area contributed by atoms with E-state index in [-0.39, 0.29) is 31.5 Å². The van der Waals surface area contributed by atoms with Gasteiger partial charge in [-0.1, -0.05) is 241 Å². The van der Waals surface area contributed by atoms with Crippen LogP contribution in [0.15, 0.2) is 85.1 Å². The minimum atomic E-state index is -4.46. The van der Waals surface area contributed by atoms with E-state index in [4.69, 9.17) is 13.8 Å². The summed E-state index contributed by atoms with van der Waals surface area (Å²) in [6.07, 6.45) is 72.9. The number of carbonyl (C=O) groups is 2. The molecule has 0 aromatic carbocycles. The zero-order valence-corrected chi connectivity index (χ0v) is 51.1. The number of ether oxygens (including phenoxy) is 1. The maximum Gasteiger partial charge on any atom is 0.472 e. The van der Waals surface area contributed by atoms with Crippen molar-refractivity contribution >= 4 is 19.7 Å². The summed E-state index contributed by atoms with van der Waals surface area (Å²) in [4.78, 5) is 37.7. The summed E-state index contributed by atoms with van der Waals surface area (Å²) in [5.74, 6) is -0.536. The molecule has 0 rings (SSSR count). The Morgan fingerprint density at radius 3 is 1.28 bits per heavy atom. The van der Waals surface area contributed by atoms with E-state index in [9.17, 15) is 19.0 Å². The van der Waals surface area contributed by atoms with Crippen molar-refractivity contribution in [2.75, 3.05) is 40.9 Å². The Morgan fingerprint density at radius 2 is 0.842 bits per heavy atom. The van der Waals surface area contributed by atoms with Gasteiger partial charge < -0.3 is 19.4 Å². The molecule has 9 nitrogen and oxygen atoms in total. The Morgan fingerprint density at radius 1 is 0.474 bits per heavy atom. The molecule has 0 radical (unpaired) electrons. The fourth-order valence-electron chi connectivity index (χ4n) is 8.73. The summed E-state index contributed by atoms with van der Waals surface area (Å²) in [6, 6.07) is -0.865. The first kappa shape index (κ1) is 73.2. The van der Waals surface area contributed by atoms with E-state index < -0.39 is 20.0 Å². The maximum absolute atomic E-state index is 13.5.